The number of hydrogen-bond donors (Lipinski definition) is 0. The Hall–Kier alpha value is -0.830. The second-order valence-electron chi connectivity index (χ2n) is 4.50. The van der Waals surface area contributed by atoms with Gasteiger partial charge in [0.1, 0.15) is 0 Å². The Morgan fingerprint density at radius 2 is 2.12 bits per heavy atom. The van der Waals surface area contributed by atoms with E-state index in [-0.39, 0.29) is 5.91 Å². The highest BCUT2D eigenvalue weighted by Gasteiger charge is 2.28. The third-order valence-corrected chi connectivity index (χ3v) is 4.17. The molecule has 0 saturated carbocycles. The fourth-order valence-corrected chi connectivity index (χ4v) is 2.99. The molecule has 0 N–H and O–H groups in total. The van der Waals surface area contributed by atoms with Crippen LogP contribution < -0.4 is 0 Å². The number of nitrogens with zero attached hydrogens (tertiary/aromatic N) is 1. The van der Waals surface area contributed by atoms with Crippen molar-refractivity contribution in [3.05, 3.63) is 35.4 Å². The van der Waals surface area contributed by atoms with E-state index in [0.29, 0.717) is 6.04 Å². The molecule has 1 amide bonds. The smallest absolute Gasteiger partial charge is 0.254 e. The van der Waals surface area contributed by atoms with Crippen LogP contribution in [0.15, 0.2) is 24.3 Å². The Labute approximate surface area is 111 Å². The number of amides is 1. The lowest BCUT2D eigenvalue weighted by molar-refractivity contribution is 0.0750. The van der Waals surface area contributed by atoms with Gasteiger partial charge in [-0.15, -0.1) is 0 Å². The topological polar surface area (TPSA) is 20.3 Å². The Bertz CT molecular complexity index is 388. The molecule has 1 heterocycles. The van der Waals surface area contributed by atoms with Crippen LogP contribution in [0.5, 0.6) is 0 Å². The molecule has 92 valence electrons. The van der Waals surface area contributed by atoms with E-state index in [9.17, 15) is 4.79 Å². The summed E-state index contributed by atoms with van der Waals surface area (Å²) in [5.74, 6) is 0.176. The lowest BCUT2D eigenvalue weighted by Crippen LogP contribution is -2.36. The molecule has 17 heavy (non-hydrogen) atoms. The molecule has 1 saturated heterocycles. The van der Waals surface area contributed by atoms with E-state index in [1.54, 1.807) is 0 Å². The van der Waals surface area contributed by atoms with Crippen molar-refractivity contribution < 1.29 is 4.79 Å². The van der Waals surface area contributed by atoms with Gasteiger partial charge in [0.25, 0.3) is 5.91 Å². The van der Waals surface area contributed by atoms with Gasteiger partial charge in [0.15, 0.2) is 0 Å². The van der Waals surface area contributed by atoms with Gasteiger partial charge in [0.2, 0.25) is 0 Å². The summed E-state index contributed by atoms with van der Waals surface area (Å²) in [6, 6.07) is 8.36. The Morgan fingerprint density at radius 3 is 2.71 bits per heavy atom. The van der Waals surface area contributed by atoms with Crippen molar-refractivity contribution in [1.82, 2.24) is 4.90 Å². The fraction of sp³-hybridized carbons (Fsp3) is 0.500. The summed E-state index contributed by atoms with van der Waals surface area (Å²) in [5, 5.41) is 0.881. The van der Waals surface area contributed by atoms with Crippen LogP contribution in [0.3, 0.4) is 0 Å². The Morgan fingerprint density at radius 1 is 1.41 bits per heavy atom. The predicted octanol–water partition coefficient (Wildman–Crippen LogP) is 3.25. The molecule has 3 heteroatoms. The largest absolute Gasteiger partial charge is 0.335 e. The average molecular weight is 296 g/mol. The molecule has 1 unspecified atom stereocenters. The van der Waals surface area contributed by atoms with Crippen LogP contribution >= 0.6 is 15.9 Å². The normalized spacial score (nSPS) is 19.6. The molecule has 1 aliphatic heterocycles. The van der Waals surface area contributed by atoms with Crippen molar-refractivity contribution in [2.45, 2.75) is 32.2 Å². The van der Waals surface area contributed by atoms with Crippen molar-refractivity contribution in [2.24, 2.45) is 0 Å². The standard InChI is InChI=1S/C14H18BrNO/c1-2-11-5-7-12(8-6-11)14(17)16-9-3-4-13(16)10-15/h5-8,13H,2-4,9-10H2,1H3. The van der Waals surface area contributed by atoms with Gasteiger partial charge in [-0.25, -0.2) is 0 Å². The zero-order chi connectivity index (χ0) is 12.3. The van der Waals surface area contributed by atoms with Crippen molar-refractivity contribution in [3.63, 3.8) is 0 Å². The summed E-state index contributed by atoms with van der Waals surface area (Å²) < 4.78 is 0. The van der Waals surface area contributed by atoms with Crippen LogP contribution in [0.25, 0.3) is 0 Å². The van der Waals surface area contributed by atoms with Crippen LogP contribution in [0, 0.1) is 0 Å². The molecule has 0 radical (unpaired) electrons. The number of benzene rings is 1. The molecule has 0 spiro atoms. The van der Waals surface area contributed by atoms with Gasteiger partial charge in [-0.1, -0.05) is 35.0 Å². The molecule has 0 bridgehead atoms. The van der Waals surface area contributed by atoms with Gasteiger partial charge in [0.05, 0.1) is 0 Å². The van der Waals surface area contributed by atoms with Gasteiger partial charge in [-0.3, -0.25) is 4.79 Å². The van der Waals surface area contributed by atoms with E-state index in [4.69, 9.17) is 0 Å². The number of carbonyl (C=O) groups is 1. The summed E-state index contributed by atoms with van der Waals surface area (Å²) in [5.41, 5.74) is 2.09. The van der Waals surface area contributed by atoms with E-state index in [0.717, 1.165) is 36.7 Å². The quantitative estimate of drug-likeness (QED) is 0.784. The highest BCUT2D eigenvalue weighted by atomic mass is 79.9. The first kappa shape index (κ1) is 12.6. The van der Waals surface area contributed by atoms with Gasteiger partial charge >= 0.3 is 0 Å². The van der Waals surface area contributed by atoms with E-state index in [1.807, 2.05) is 29.2 Å². The molecular formula is C14H18BrNO. The highest BCUT2D eigenvalue weighted by molar-refractivity contribution is 9.09. The molecule has 1 fully saturated rings. The summed E-state index contributed by atoms with van der Waals surface area (Å²) in [4.78, 5) is 14.3. The highest BCUT2D eigenvalue weighted by Crippen LogP contribution is 2.21. The number of rotatable bonds is 3. The number of hydrogen-bond acceptors (Lipinski definition) is 1. The number of likely N-dealkylation sites (tertiary alicyclic amines) is 1. The van der Waals surface area contributed by atoms with Crippen molar-refractivity contribution >= 4 is 21.8 Å². The molecule has 2 nitrogen and oxygen atoms in total. The van der Waals surface area contributed by atoms with E-state index >= 15 is 0 Å². The maximum absolute atomic E-state index is 12.3. The van der Waals surface area contributed by atoms with E-state index in [2.05, 4.69) is 22.9 Å². The van der Waals surface area contributed by atoms with Crippen LogP contribution in [0.2, 0.25) is 0 Å². The molecule has 1 aliphatic rings. The number of carbonyl (C=O) groups excluding carboxylic acids is 1. The number of halogens is 1. The summed E-state index contributed by atoms with van der Waals surface area (Å²) in [6.07, 6.45) is 3.25. The Balaban J connectivity index is 2.13. The molecule has 2 rings (SSSR count). The zero-order valence-electron chi connectivity index (χ0n) is 10.2. The molecule has 1 aromatic carbocycles. The van der Waals surface area contributed by atoms with Gasteiger partial charge in [-0.2, -0.15) is 0 Å². The number of alkyl halides is 1. The maximum Gasteiger partial charge on any atom is 0.254 e. The molecular weight excluding hydrogens is 278 g/mol. The molecule has 0 aliphatic carbocycles. The summed E-state index contributed by atoms with van der Waals surface area (Å²) in [7, 11) is 0. The summed E-state index contributed by atoms with van der Waals surface area (Å²) >= 11 is 3.49. The Kier molecular flexibility index (Phi) is 4.21. The predicted molar refractivity (Wildman–Crippen MR) is 73.7 cm³/mol. The first-order chi connectivity index (χ1) is 8.26. The van der Waals surface area contributed by atoms with E-state index in [1.165, 1.54) is 5.56 Å². The zero-order valence-corrected chi connectivity index (χ0v) is 11.7. The second-order valence-corrected chi connectivity index (χ2v) is 5.15. The van der Waals surface area contributed by atoms with Gasteiger partial charge < -0.3 is 4.90 Å². The minimum Gasteiger partial charge on any atom is -0.335 e. The van der Waals surface area contributed by atoms with Crippen LogP contribution in [0.4, 0.5) is 0 Å². The second kappa shape index (κ2) is 5.67. The SMILES string of the molecule is CCc1ccc(C(=O)N2CCCC2CBr)cc1. The van der Waals surface area contributed by atoms with Crippen LogP contribution in [-0.2, 0) is 6.42 Å². The van der Waals surface area contributed by atoms with Crippen LogP contribution in [0.1, 0.15) is 35.7 Å². The summed E-state index contributed by atoms with van der Waals surface area (Å²) in [6.45, 7) is 3.02. The lowest BCUT2D eigenvalue weighted by atomic mass is 10.1. The molecule has 1 aromatic rings. The monoisotopic (exact) mass is 295 g/mol. The van der Waals surface area contributed by atoms with Gasteiger partial charge in [-0.05, 0) is 37.0 Å². The van der Waals surface area contributed by atoms with Crippen molar-refractivity contribution in [1.29, 1.82) is 0 Å². The minimum atomic E-state index is 0.176. The third kappa shape index (κ3) is 2.71. The van der Waals surface area contributed by atoms with Crippen LogP contribution in [-0.4, -0.2) is 28.7 Å². The minimum absolute atomic E-state index is 0.176. The van der Waals surface area contributed by atoms with Crippen molar-refractivity contribution in [2.75, 3.05) is 11.9 Å². The first-order valence-corrected chi connectivity index (χ1v) is 7.34. The third-order valence-electron chi connectivity index (χ3n) is 3.43. The number of aryl methyl sites for hydroxylation is 1. The maximum atomic E-state index is 12.3. The first-order valence-electron chi connectivity index (χ1n) is 6.22. The molecule has 1 atom stereocenters. The average Bonchev–Trinajstić information content (AvgIpc) is 2.86. The fourth-order valence-electron chi connectivity index (χ4n) is 2.31. The van der Waals surface area contributed by atoms with Crippen molar-refractivity contribution in [3.8, 4) is 0 Å². The van der Waals surface area contributed by atoms with E-state index < -0.39 is 0 Å². The van der Waals surface area contributed by atoms with Gasteiger partial charge in [0, 0.05) is 23.5 Å². The lowest BCUT2D eigenvalue weighted by Gasteiger charge is -2.23. The molecule has 0 aromatic heterocycles.